The van der Waals surface area contributed by atoms with E-state index in [0.717, 1.165) is 27.7 Å². The predicted octanol–water partition coefficient (Wildman–Crippen LogP) is 4.63. The van der Waals surface area contributed by atoms with Crippen LogP contribution in [0, 0.1) is 12.9 Å². The first-order valence-electron chi connectivity index (χ1n) is 10.1. The van der Waals surface area contributed by atoms with Crippen LogP contribution in [0.15, 0.2) is 42.7 Å². The molecule has 0 saturated carbocycles. The first kappa shape index (κ1) is 21.4. The topological polar surface area (TPSA) is 81.3 Å². The molecule has 3 heterocycles. The molecule has 1 aromatic carbocycles. The van der Waals surface area contributed by atoms with Crippen molar-refractivity contribution in [3.05, 3.63) is 70.9 Å². The quantitative estimate of drug-likeness (QED) is 0.392. The van der Waals surface area contributed by atoms with E-state index in [4.69, 9.17) is 14.2 Å². The minimum Gasteiger partial charge on any atom is -0.493 e. The number of fused-ring (bicyclic) bond motifs is 1. The van der Waals surface area contributed by atoms with Crippen molar-refractivity contribution in [3.63, 3.8) is 0 Å². The van der Waals surface area contributed by atoms with Crippen molar-refractivity contribution in [1.82, 2.24) is 15.0 Å². The van der Waals surface area contributed by atoms with Crippen molar-refractivity contribution >= 4 is 16.9 Å². The highest BCUT2D eigenvalue weighted by Crippen LogP contribution is 2.38. The summed E-state index contributed by atoms with van der Waals surface area (Å²) in [5.41, 5.74) is 4.24. The smallest absolute Gasteiger partial charge is 0.218 e. The van der Waals surface area contributed by atoms with E-state index in [-0.39, 0.29) is 0 Å². The Labute approximate surface area is 185 Å². The lowest BCUT2D eigenvalue weighted by Crippen LogP contribution is -2.05. The fourth-order valence-corrected chi connectivity index (χ4v) is 3.64. The van der Waals surface area contributed by atoms with E-state index in [0.29, 0.717) is 41.6 Å². The van der Waals surface area contributed by atoms with Gasteiger partial charge in [-0.1, -0.05) is 6.07 Å². The average molecular weight is 436 g/mol. The number of H-pyrrole nitrogens is 1. The molecule has 2 N–H and O–H groups in total. The molecule has 0 saturated heterocycles. The summed E-state index contributed by atoms with van der Waals surface area (Å²) in [6.07, 6.45) is 4.10. The molecule has 0 amide bonds. The molecule has 4 rings (SSSR count). The summed E-state index contributed by atoms with van der Waals surface area (Å²) in [4.78, 5) is 11.6. The van der Waals surface area contributed by atoms with Crippen LogP contribution in [0.4, 0.5) is 10.2 Å². The molecule has 0 radical (unpaired) electrons. The molecule has 0 atom stereocenters. The molecular weight excluding hydrogens is 411 g/mol. The predicted molar refractivity (Wildman–Crippen MR) is 121 cm³/mol. The molecule has 3 aromatic heterocycles. The molecule has 0 spiro atoms. The van der Waals surface area contributed by atoms with Gasteiger partial charge in [0.2, 0.25) is 11.7 Å². The van der Waals surface area contributed by atoms with Crippen LogP contribution < -0.4 is 19.5 Å². The number of pyridine rings is 2. The number of aromatic amines is 1. The van der Waals surface area contributed by atoms with Crippen molar-refractivity contribution < 1.29 is 18.6 Å². The SMILES string of the molecule is COc1cc(CNc2ccc(Cc3c[nH]c4ncc(C)cc34)c(F)n2)cc(OC)c1OC. The van der Waals surface area contributed by atoms with Gasteiger partial charge >= 0.3 is 0 Å². The van der Waals surface area contributed by atoms with E-state index in [1.165, 1.54) is 0 Å². The lowest BCUT2D eigenvalue weighted by molar-refractivity contribution is 0.324. The number of aryl methyl sites for hydroxylation is 1. The Morgan fingerprint density at radius 3 is 2.41 bits per heavy atom. The van der Waals surface area contributed by atoms with E-state index < -0.39 is 5.95 Å². The van der Waals surface area contributed by atoms with Gasteiger partial charge in [0.05, 0.1) is 21.3 Å². The summed E-state index contributed by atoms with van der Waals surface area (Å²) in [5.74, 6) is 1.57. The first-order valence-corrected chi connectivity index (χ1v) is 10.1. The maximum Gasteiger partial charge on any atom is 0.218 e. The molecule has 0 aliphatic carbocycles. The third-order valence-electron chi connectivity index (χ3n) is 5.26. The minimum absolute atomic E-state index is 0.413. The van der Waals surface area contributed by atoms with Crippen molar-refractivity contribution in [2.24, 2.45) is 0 Å². The third kappa shape index (κ3) is 4.30. The van der Waals surface area contributed by atoms with Crippen LogP contribution in [0.1, 0.15) is 22.3 Å². The lowest BCUT2D eigenvalue weighted by Gasteiger charge is -2.14. The summed E-state index contributed by atoms with van der Waals surface area (Å²) >= 11 is 0. The minimum atomic E-state index is -0.505. The lowest BCUT2D eigenvalue weighted by atomic mass is 10.1. The summed E-state index contributed by atoms with van der Waals surface area (Å²) in [6, 6.07) is 9.25. The Morgan fingerprint density at radius 2 is 1.75 bits per heavy atom. The van der Waals surface area contributed by atoms with Crippen LogP contribution in [0.5, 0.6) is 17.2 Å². The van der Waals surface area contributed by atoms with E-state index >= 15 is 0 Å². The summed E-state index contributed by atoms with van der Waals surface area (Å²) in [6.45, 7) is 2.40. The zero-order chi connectivity index (χ0) is 22.7. The number of nitrogens with zero attached hydrogens (tertiary/aromatic N) is 2. The fourth-order valence-electron chi connectivity index (χ4n) is 3.64. The van der Waals surface area contributed by atoms with Crippen molar-refractivity contribution in [2.75, 3.05) is 26.6 Å². The number of benzene rings is 1. The second-order valence-corrected chi connectivity index (χ2v) is 7.43. The average Bonchev–Trinajstić information content (AvgIpc) is 3.20. The van der Waals surface area contributed by atoms with Gasteiger partial charge in [-0.25, -0.2) is 9.97 Å². The Balaban J connectivity index is 1.50. The molecule has 4 aromatic rings. The van der Waals surface area contributed by atoms with Gasteiger partial charge in [-0.3, -0.25) is 0 Å². The summed E-state index contributed by atoms with van der Waals surface area (Å²) in [7, 11) is 4.69. The van der Waals surface area contributed by atoms with Crippen LogP contribution in [-0.2, 0) is 13.0 Å². The van der Waals surface area contributed by atoms with E-state index in [2.05, 4.69) is 20.3 Å². The van der Waals surface area contributed by atoms with Gasteiger partial charge in [-0.15, -0.1) is 0 Å². The standard InChI is InChI=1S/C24H25FN4O3/c1-14-7-18-17(13-28-24(18)27-11-14)10-16-5-6-21(29-23(16)25)26-12-15-8-19(30-2)22(32-4)20(9-15)31-3/h5-9,11,13H,10,12H2,1-4H3,(H,26,29)(H,27,28). The Hall–Kier alpha value is -3.81. The number of rotatable bonds is 8. The molecule has 0 bridgehead atoms. The van der Waals surface area contributed by atoms with Crippen molar-refractivity contribution in [3.8, 4) is 17.2 Å². The van der Waals surface area contributed by atoms with Gasteiger partial charge in [0.25, 0.3) is 0 Å². The van der Waals surface area contributed by atoms with Crippen LogP contribution in [0.3, 0.4) is 0 Å². The van der Waals surface area contributed by atoms with E-state index in [9.17, 15) is 4.39 Å². The molecule has 166 valence electrons. The van der Waals surface area contributed by atoms with Gasteiger partial charge in [0, 0.05) is 36.3 Å². The Bertz CT molecular complexity index is 1230. The fraction of sp³-hybridized carbons (Fsp3) is 0.250. The number of aromatic nitrogens is 3. The second kappa shape index (κ2) is 9.13. The normalized spacial score (nSPS) is 10.9. The number of ether oxygens (including phenoxy) is 3. The van der Waals surface area contributed by atoms with Gasteiger partial charge in [-0.05, 0) is 47.9 Å². The van der Waals surface area contributed by atoms with E-state index in [1.54, 1.807) is 39.7 Å². The summed E-state index contributed by atoms with van der Waals surface area (Å²) < 4.78 is 30.8. The number of anilines is 1. The highest BCUT2D eigenvalue weighted by atomic mass is 19.1. The highest BCUT2D eigenvalue weighted by Gasteiger charge is 2.14. The third-order valence-corrected chi connectivity index (χ3v) is 5.26. The molecule has 0 fully saturated rings. The number of nitrogens with one attached hydrogen (secondary N) is 2. The molecule has 8 heteroatoms. The van der Waals surface area contributed by atoms with E-state index in [1.807, 2.05) is 31.3 Å². The second-order valence-electron chi connectivity index (χ2n) is 7.43. The van der Waals surface area contributed by atoms with Crippen LogP contribution in [0.25, 0.3) is 11.0 Å². The first-order chi connectivity index (χ1) is 15.5. The summed E-state index contributed by atoms with van der Waals surface area (Å²) in [5, 5.41) is 4.14. The number of halogens is 1. The monoisotopic (exact) mass is 436 g/mol. The van der Waals surface area contributed by atoms with Crippen molar-refractivity contribution in [1.29, 1.82) is 0 Å². The van der Waals surface area contributed by atoms with Crippen LogP contribution >= 0.6 is 0 Å². The Kier molecular flexibility index (Phi) is 6.11. The molecular formula is C24H25FN4O3. The zero-order valence-electron chi connectivity index (χ0n) is 18.5. The molecule has 32 heavy (non-hydrogen) atoms. The van der Waals surface area contributed by atoms with Gasteiger partial charge in [0.1, 0.15) is 11.5 Å². The molecule has 0 aliphatic heterocycles. The zero-order valence-corrected chi connectivity index (χ0v) is 18.5. The maximum absolute atomic E-state index is 14.7. The van der Waals surface area contributed by atoms with Gasteiger partial charge < -0.3 is 24.5 Å². The number of hydrogen-bond acceptors (Lipinski definition) is 6. The van der Waals surface area contributed by atoms with Crippen LogP contribution in [0.2, 0.25) is 0 Å². The number of methoxy groups -OCH3 is 3. The van der Waals surface area contributed by atoms with Crippen LogP contribution in [-0.4, -0.2) is 36.3 Å². The molecule has 7 nitrogen and oxygen atoms in total. The Morgan fingerprint density at radius 1 is 1.00 bits per heavy atom. The van der Waals surface area contributed by atoms with Gasteiger partial charge in [-0.2, -0.15) is 4.39 Å². The van der Waals surface area contributed by atoms with Crippen molar-refractivity contribution in [2.45, 2.75) is 19.9 Å². The number of hydrogen-bond donors (Lipinski definition) is 2. The largest absolute Gasteiger partial charge is 0.493 e. The highest BCUT2D eigenvalue weighted by molar-refractivity contribution is 5.80. The molecule has 0 unspecified atom stereocenters. The maximum atomic E-state index is 14.7. The molecule has 0 aliphatic rings. The van der Waals surface area contributed by atoms with Gasteiger partial charge in [0.15, 0.2) is 11.5 Å².